The Kier molecular flexibility index (Phi) is 6.63. The molecule has 0 saturated carbocycles. The summed E-state index contributed by atoms with van der Waals surface area (Å²) >= 11 is 0. The van der Waals surface area contributed by atoms with Crippen LogP contribution in [-0.4, -0.2) is 0 Å². The first-order valence-corrected chi connectivity index (χ1v) is 11.1. The van der Waals surface area contributed by atoms with E-state index in [2.05, 4.69) is 71.9 Å². The lowest BCUT2D eigenvalue weighted by atomic mass is 9.82. The monoisotopic (exact) mass is 385 g/mol. The molecule has 1 aliphatic rings. The van der Waals surface area contributed by atoms with Gasteiger partial charge in [0.15, 0.2) is 0 Å². The Labute approximate surface area is 177 Å². The SMILES string of the molecule is Cc1ccc(C2=CCCC(Cc3c(C)cc(C)c(C(C)C)c3C)CC2)c(C#N)c1. The molecular weight excluding hydrogens is 350 g/mol. The van der Waals surface area contributed by atoms with Crippen LogP contribution in [0.4, 0.5) is 0 Å². The summed E-state index contributed by atoms with van der Waals surface area (Å²) in [7, 11) is 0. The molecule has 0 aliphatic heterocycles. The second-order valence-corrected chi connectivity index (χ2v) is 9.26. The predicted molar refractivity (Wildman–Crippen MR) is 124 cm³/mol. The van der Waals surface area contributed by atoms with Crippen LogP contribution in [0.15, 0.2) is 30.3 Å². The molecule has 29 heavy (non-hydrogen) atoms. The van der Waals surface area contributed by atoms with Gasteiger partial charge in [0.25, 0.3) is 0 Å². The van der Waals surface area contributed by atoms with Gasteiger partial charge in [-0.2, -0.15) is 5.26 Å². The zero-order valence-electron chi connectivity index (χ0n) is 19.0. The lowest BCUT2D eigenvalue weighted by Crippen LogP contribution is -2.10. The third kappa shape index (κ3) is 4.64. The van der Waals surface area contributed by atoms with E-state index in [4.69, 9.17) is 0 Å². The first-order chi connectivity index (χ1) is 13.8. The molecule has 0 fully saturated rings. The number of aryl methyl sites for hydroxylation is 3. The maximum Gasteiger partial charge on any atom is 0.0998 e. The van der Waals surface area contributed by atoms with Crippen LogP contribution in [-0.2, 0) is 6.42 Å². The number of allylic oxidation sites excluding steroid dienone is 2. The van der Waals surface area contributed by atoms with Crippen molar-refractivity contribution >= 4 is 5.57 Å². The molecule has 0 heterocycles. The zero-order chi connectivity index (χ0) is 21.1. The Balaban J connectivity index is 1.79. The Morgan fingerprint density at radius 1 is 1.03 bits per heavy atom. The fourth-order valence-corrected chi connectivity index (χ4v) is 5.31. The molecule has 0 aromatic heterocycles. The summed E-state index contributed by atoms with van der Waals surface area (Å²) in [6, 6.07) is 11.1. The Morgan fingerprint density at radius 2 is 1.79 bits per heavy atom. The first-order valence-electron chi connectivity index (χ1n) is 11.1. The Hall–Kier alpha value is -2.33. The lowest BCUT2D eigenvalue weighted by molar-refractivity contribution is 0.464. The average Bonchev–Trinajstić information content (AvgIpc) is 2.90. The van der Waals surface area contributed by atoms with Crippen LogP contribution in [0.5, 0.6) is 0 Å². The Morgan fingerprint density at radius 3 is 2.48 bits per heavy atom. The minimum absolute atomic E-state index is 0.572. The highest BCUT2D eigenvalue weighted by atomic mass is 14.3. The van der Waals surface area contributed by atoms with Crippen molar-refractivity contribution in [3.8, 4) is 6.07 Å². The molecule has 0 spiro atoms. The third-order valence-corrected chi connectivity index (χ3v) is 6.69. The van der Waals surface area contributed by atoms with Crippen LogP contribution < -0.4 is 0 Å². The molecule has 1 unspecified atom stereocenters. The van der Waals surface area contributed by atoms with Crippen LogP contribution in [0.1, 0.15) is 90.0 Å². The van der Waals surface area contributed by atoms with Crippen molar-refractivity contribution in [3.63, 3.8) is 0 Å². The van der Waals surface area contributed by atoms with Crippen molar-refractivity contribution in [1.82, 2.24) is 0 Å². The molecule has 1 aliphatic carbocycles. The molecule has 1 atom stereocenters. The second-order valence-electron chi connectivity index (χ2n) is 9.26. The number of hydrogen-bond acceptors (Lipinski definition) is 1. The maximum atomic E-state index is 9.57. The molecule has 2 aromatic rings. The number of hydrogen-bond donors (Lipinski definition) is 0. The van der Waals surface area contributed by atoms with E-state index in [1.54, 1.807) is 5.56 Å². The van der Waals surface area contributed by atoms with Crippen LogP contribution in [0.25, 0.3) is 5.57 Å². The van der Waals surface area contributed by atoms with Crippen molar-refractivity contribution in [2.75, 3.05) is 0 Å². The molecule has 0 radical (unpaired) electrons. The highest BCUT2D eigenvalue weighted by Crippen LogP contribution is 2.35. The molecular formula is C28H35N. The van der Waals surface area contributed by atoms with E-state index in [1.165, 1.54) is 47.1 Å². The largest absolute Gasteiger partial charge is 0.192 e. The molecule has 1 heteroatoms. The lowest BCUT2D eigenvalue weighted by Gasteiger charge is -2.23. The average molecular weight is 386 g/mol. The topological polar surface area (TPSA) is 23.8 Å². The summed E-state index contributed by atoms with van der Waals surface area (Å²) in [5.74, 6) is 1.28. The molecule has 0 bridgehead atoms. The maximum absolute atomic E-state index is 9.57. The van der Waals surface area contributed by atoms with Crippen LogP contribution in [0.2, 0.25) is 0 Å². The molecule has 152 valence electrons. The molecule has 0 saturated heterocycles. The van der Waals surface area contributed by atoms with Crippen molar-refractivity contribution in [3.05, 3.63) is 74.8 Å². The second kappa shape index (κ2) is 9.00. The van der Waals surface area contributed by atoms with E-state index in [9.17, 15) is 5.26 Å². The summed E-state index contributed by atoms with van der Waals surface area (Å²) in [6.45, 7) is 13.5. The van der Waals surface area contributed by atoms with Gasteiger partial charge in [-0.15, -0.1) is 0 Å². The van der Waals surface area contributed by atoms with Gasteiger partial charge < -0.3 is 0 Å². The van der Waals surface area contributed by atoms with Gasteiger partial charge in [-0.3, -0.25) is 0 Å². The van der Waals surface area contributed by atoms with E-state index in [0.717, 1.165) is 29.5 Å². The highest BCUT2D eigenvalue weighted by Gasteiger charge is 2.20. The molecule has 2 aromatic carbocycles. The van der Waals surface area contributed by atoms with Gasteiger partial charge in [-0.1, -0.05) is 38.1 Å². The summed E-state index contributed by atoms with van der Waals surface area (Å²) < 4.78 is 0. The normalized spacial score (nSPS) is 17.0. The summed E-state index contributed by atoms with van der Waals surface area (Å²) in [4.78, 5) is 0. The van der Waals surface area contributed by atoms with Gasteiger partial charge in [0.05, 0.1) is 11.6 Å². The van der Waals surface area contributed by atoms with E-state index in [-0.39, 0.29) is 0 Å². The quantitative estimate of drug-likeness (QED) is 0.528. The van der Waals surface area contributed by atoms with Gasteiger partial charge in [-0.05, 0) is 122 Å². The van der Waals surface area contributed by atoms with Gasteiger partial charge in [0.1, 0.15) is 0 Å². The fraction of sp³-hybridized carbons (Fsp3) is 0.464. The molecule has 0 amide bonds. The van der Waals surface area contributed by atoms with Gasteiger partial charge >= 0.3 is 0 Å². The van der Waals surface area contributed by atoms with E-state index < -0.39 is 0 Å². The van der Waals surface area contributed by atoms with Crippen molar-refractivity contribution in [1.29, 1.82) is 5.26 Å². The van der Waals surface area contributed by atoms with Crippen LogP contribution >= 0.6 is 0 Å². The Bertz CT molecular complexity index is 969. The fourth-order valence-electron chi connectivity index (χ4n) is 5.31. The van der Waals surface area contributed by atoms with E-state index >= 15 is 0 Å². The van der Waals surface area contributed by atoms with Gasteiger partial charge in [0.2, 0.25) is 0 Å². The minimum atomic E-state index is 0.572. The van der Waals surface area contributed by atoms with E-state index in [0.29, 0.717) is 11.8 Å². The highest BCUT2D eigenvalue weighted by molar-refractivity contribution is 5.71. The van der Waals surface area contributed by atoms with Crippen LogP contribution in [0.3, 0.4) is 0 Å². The number of rotatable bonds is 4. The first kappa shape index (κ1) is 21.4. The van der Waals surface area contributed by atoms with Crippen molar-refractivity contribution in [2.45, 2.75) is 79.6 Å². The number of nitrogens with zero attached hydrogens (tertiary/aromatic N) is 1. The molecule has 3 rings (SSSR count). The van der Waals surface area contributed by atoms with Crippen LogP contribution in [0, 0.1) is 44.9 Å². The van der Waals surface area contributed by atoms with Crippen molar-refractivity contribution < 1.29 is 0 Å². The standard InChI is InChI=1S/C28H35N/c1-18(2)28-21(5)15-20(4)27(22(28)6)16-23-8-7-9-24(12-11-23)26-13-10-19(3)14-25(26)17-29/h9-10,13-15,18,23H,7-8,11-12,16H2,1-6H3. The third-order valence-electron chi connectivity index (χ3n) is 6.69. The van der Waals surface area contributed by atoms with Gasteiger partial charge in [-0.25, -0.2) is 0 Å². The summed E-state index contributed by atoms with van der Waals surface area (Å²) in [5, 5.41) is 9.57. The van der Waals surface area contributed by atoms with E-state index in [1.807, 2.05) is 6.07 Å². The minimum Gasteiger partial charge on any atom is -0.192 e. The smallest absolute Gasteiger partial charge is 0.0998 e. The van der Waals surface area contributed by atoms with Gasteiger partial charge in [0, 0.05) is 0 Å². The summed E-state index contributed by atoms with van der Waals surface area (Å²) in [6.07, 6.45) is 8.19. The zero-order valence-corrected chi connectivity index (χ0v) is 19.0. The predicted octanol–water partition coefficient (Wildman–Crippen LogP) is 7.73. The molecule has 1 nitrogen and oxygen atoms in total. The number of benzene rings is 2. The van der Waals surface area contributed by atoms with Crippen molar-refractivity contribution in [2.24, 2.45) is 5.92 Å². The molecule has 0 N–H and O–H groups in total. The summed E-state index contributed by atoms with van der Waals surface area (Å²) in [5.41, 5.74) is 12.0. The number of nitriles is 1.